The average Bonchev–Trinajstić information content (AvgIpc) is 3.22. The number of thioether (sulfide) groups is 1. The molecule has 144 valence electrons. The second-order valence-corrected chi connectivity index (χ2v) is 9.97. The molecule has 1 aromatic heterocycles. The van der Waals surface area contributed by atoms with Crippen LogP contribution in [0, 0.1) is 0 Å². The van der Waals surface area contributed by atoms with E-state index in [0.717, 1.165) is 22.2 Å². The zero-order valence-electron chi connectivity index (χ0n) is 15.5. The van der Waals surface area contributed by atoms with E-state index in [4.69, 9.17) is 0 Å². The first kappa shape index (κ1) is 18.2. The van der Waals surface area contributed by atoms with Gasteiger partial charge in [-0.15, -0.1) is 11.8 Å². The predicted octanol–water partition coefficient (Wildman–Crippen LogP) is 4.91. The van der Waals surface area contributed by atoms with E-state index in [9.17, 15) is 8.42 Å². The second-order valence-electron chi connectivity index (χ2n) is 6.96. The molecule has 29 heavy (non-hydrogen) atoms. The van der Waals surface area contributed by atoms with Gasteiger partial charge < -0.3 is 4.90 Å². The van der Waals surface area contributed by atoms with E-state index in [1.54, 1.807) is 42.6 Å². The first-order valence-electron chi connectivity index (χ1n) is 9.27. The fourth-order valence-electron chi connectivity index (χ4n) is 3.48. The van der Waals surface area contributed by atoms with Crippen molar-refractivity contribution in [2.24, 2.45) is 0 Å². The zero-order chi connectivity index (χ0) is 19.8. The monoisotopic (exact) mass is 418 g/mol. The summed E-state index contributed by atoms with van der Waals surface area (Å²) in [5, 5.41) is 0.813. The molecule has 0 aliphatic carbocycles. The Kier molecular flexibility index (Phi) is 4.53. The van der Waals surface area contributed by atoms with Crippen LogP contribution in [0.3, 0.4) is 0 Å². The Morgan fingerprint density at radius 1 is 1.03 bits per heavy atom. The van der Waals surface area contributed by atoms with Gasteiger partial charge in [0.25, 0.3) is 0 Å². The van der Waals surface area contributed by atoms with Gasteiger partial charge in [-0.05, 0) is 53.6 Å². The summed E-state index contributed by atoms with van der Waals surface area (Å²) >= 11 is 1.84. The molecule has 0 unspecified atom stereocenters. The van der Waals surface area contributed by atoms with Gasteiger partial charge in [-0.25, -0.2) is 8.42 Å². The Labute approximate surface area is 174 Å². The largest absolute Gasteiger partial charge is 0.349 e. The number of fused-ring (bicyclic) bond motifs is 2. The van der Waals surface area contributed by atoms with Crippen LogP contribution in [0.1, 0.15) is 5.56 Å². The molecule has 0 spiro atoms. The van der Waals surface area contributed by atoms with Gasteiger partial charge in [-0.1, -0.05) is 24.3 Å². The predicted molar refractivity (Wildman–Crippen MR) is 117 cm³/mol. The summed E-state index contributed by atoms with van der Waals surface area (Å²) in [5.41, 5.74) is 3.13. The highest BCUT2D eigenvalue weighted by molar-refractivity contribution is 8.03. The van der Waals surface area contributed by atoms with Gasteiger partial charge in [0, 0.05) is 41.2 Å². The molecule has 0 radical (unpaired) electrons. The van der Waals surface area contributed by atoms with Gasteiger partial charge in [0.05, 0.1) is 15.3 Å². The van der Waals surface area contributed by atoms with Crippen LogP contribution in [0.2, 0.25) is 0 Å². The molecule has 6 heteroatoms. The number of pyridine rings is 1. The highest BCUT2D eigenvalue weighted by Gasteiger charge is 2.19. The maximum absolute atomic E-state index is 13.0. The summed E-state index contributed by atoms with van der Waals surface area (Å²) in [6.45, 7) is 0.704. The minimum Gasteiger partial charge on any atom is -0.349 e. The molecule has 0 fully saturated rings. The molecule has 0 bridgehead atoms. The molecule has 3 heterocycles. The molecule has 0 atom stereocenters. The summed E-state index contributed by atoms with van der Waals surface area (Å²) in [6, 6.07) is 15.9. The third-order valence-corrected chi connectivity index (χ3v) is 7.79. The lowest BCUT2D eigenvalue weighted by Gasteiger charge is -2.21. The van der Waals surface area contributed by atoms with Crippen LogP contribution in [-0.4, -0.2) is 24.1 Å². The van der Waals surface area contributed by atoms with E-state index < -0.39 is 9.84 Å². The Hall–Kier alpha value is -2.83. The number of nitrogens with zero attached hydrogens (tertiary/aromatic N) is 2. The van der Waals surface area contributed by atoms with Crippen LogP contribution in [0.5, 0.6) is 0 Å². The first-order chi connectivity index (χ1) is 14.1. The third-order valence-electron chi connectivity index (χ3n) is 5.04. The first-order valence-corrected chi connectivity index (χ1v) is 11.7. The van der Waals surface area contributed by atoms with Crippen molar-refractivity contribution in [2.45, 2.75) is 16.3 Å². The Morgan fingerprint density at radius 2 is 1.86 bits per heavy atom. The molecular formula is C23H18N2O2S2. The van der Waals surface area contributed by atoms with Gasteiger partial charge in [0.1, 0.15) is 0 Å². The molecule has 0 amide bonds. The van der Waals surface area contributed by atoms with Crippen molar-refractivity contribution < 1.29 is 8.42 Å². The number of benzene rings is 2. The maximum atomic E-state index is 13.0. The van der Waals surface area contributed by atoms with Crippen molar-refractivity contribution in [3.8, 4) is 0 Å². The van der Waals surface area contributed by atoms with Crippen molar-refractivity contribution in [3.05, 3.63) is 101 Å². The highest BCUT2D eigenvalue weighted by atomic mass is 32.2. The molecule has 3 aromatic rings. The lowest BCUT2D eigenvalue weighted by molar-refractivity contribution is 0.496. The molecular weight excluding hydrogens is 400 g/mol. The summed E-state index contributed by atoms with van der Waals surface area (Å²) in [4.78, 5) is 8.25. The molecule has 2 aliphatic rings. The van der Waals surface area contributed by atoms with Gasteiger partial charge in [-0.3, -0.25) is 4.98 Å². The van der Waals surface area contributed by atoms with Crippen LogP contribution >= 0.6 is 11.8 Å². The maximum Gasteiger partial charge on any atom is 0.206 e. The van der Waals surface area contributed by atoms with Crippen molar-refractivity contribution in [1.82, 2.24) is 9.88 Å². The smallest absolute Gasteiger partial charge is 0.206 e. The fraction of sp³-hybridized carbons (Fsp3) is 0.0870. The van der Waals surface area contributed by atoms with Crippen LogP contribution in [0.4, 0.5) is 0 Å². The van der Waals surface area contributed by atoms with E-state index in [0.29, 0.717) is 11.4 Å². The minimum absolute atomic E-state index is 0.284. The van der Waals surface area contributed by atoms with E-state index in [2.05, 4.69) is 34.4 Å². The van der Waals surface area contributed by atoms with Crippen molar-refractivity contribution in [1.29, 1.82) is 0 Å². The number of hydrogen-bond acceptors (Lipinski definition) is 5. The Balaban J connectivity index is 1.38. The molecule has 0 saturated carbocycles. The summed E-state index contributed by atoms with van der Waals surface area (Å²) in [5.74, 6) is 1.02. The number of allylic oxidation sites excluding steroid dienone is 2. The summed E-state index contributed by atoms with van der Waals surface area (Å²) in [6.07, 6.45) is 10.3. The lowest BCUT2D eigenvalue weighted by Crippen LogP contribution is -2.12. The number of hydrogen-bond donors (Lipinski definition) is 0. The normalized spacial score (nSPS) is 15.9. The topological polar surface area (TPSA) is 50.3 Å². The van der Waals surface area contributed by atoms with Gasteiger partial charge in [-0.2, -0.15) is 0 Å². The molecule has 2 aliphatic heterocycles. The van der Waals surface area contributed by atoms with E-state index in [1.165, 1.54) is 10.5 Å². The zero-order valence-corrected chi connectivity index (χ0v) is 17.2. The van der Waals surface area contributed by atoms with Crippen molar-refractivity contribution >= 4 is 32.5 Å². The van der Waals surface area contributed by atoms with Crippen LogP contribution in [0.25, 0.3) is 10.9 Å². The van der Waals surface area contributed by atoms with E-state index in [-0.39, 0.29) is 4.90 Å². The molecule has 5 rings (SSSR count). The molecule has 2 aromatic carbocycles. The van der Waals surface area contributed by atoms with Gasteiger partial charge in [0.15, 0.2) is 0 Å². The quantitative estimate of drug-likeness (QED) is 0.602. The number of sulfone groups is 1. The van der Waals surface area contributed by atoms with Gasteiger partial charge in [0.2, 0.25) is 9.84 Å². The highest BCUT2D eigenvalue weighted by Crippen LogP contribution is 2.35. The van der Waals surface area contributed by atoms with Crippen molar-refractivity contribution in [2.75, 3.05) is 5.75 Å². The van der Waals surface area contributed by atoms with Crippen molar-refractivity contribution in [3.63, 3.8) is 0 Å². The second kappa shape index (κ2) is 7.21. The summed E-state index contributed by atoms with van der Waals surface area (Å²) < 4.78 is 26.1. The summed E-state index contributed by atoms with van der Waals surface area (Å²) in [7, 11) is -3.57. The average molecular weight is 419 g/mol. The van der Waals surface area contributed by atoms with Gasteiger partial charge >= 0.3 is 0 Å². The van der Waals surface area contributed by atoms with Crippen LogP contribution in [0.15, 0.2) is 106 Å². The third kappa shape index (κ3) is 3.50. The minimum atomic E-state index is -3.57. The Morgan fingerprint density at radius 3 is 2.72 bits per heavy atom. The fourth-order valence-corrected chi connectivity index (χ4v) is 5.74. The molecule has 0 saturated heterocycles. The van der Waals surface area contributed by atoms with Crippen LogP contribution in [-0.2, 0) is 16.4 Å². The van der Waals surface area contributed by atoms with Crippen LogP contribution < -0.4 is 0 Å². The standard InChI is InChI=1S/C23H18N2O2S2/c26-29(27,21-7-8-22-19(14-21)2-1-11-24-22)20-5-3-17(4-6-20)15-25-12-9-18-10-13-28-23(18)16-25/h1-12,14,16H,13,15H2. The molecule has 0 N–H and O–H groups in total. The number of rotatable bonds is 4. The van der Waals surface area contributed by atoms with E-state index in [1.807, 2.05) is 30.0 Å². The van der Waals surface area contributed by atoms with E-state index >= 15 is 0 Å². The number of aromatic nitrogens is 1. The Bertz CT molecular complexity index is 1290. The SMILES string of the molecule is O=S(=O)(c1ccc(CN2C=CC3=CCSC3=C2)cc1)c1ccc2ncccc2c1. The molecule has 4 nitrogen and oxygen atoms in total. The lowest BCUT2D eigenvalue weighted by atomic mass is 10.1.